The molecule has 0 spiro atoms. The average molecular weight is 481 g/mol. The van der Waals surface area contributed by atoms with E-state index in [0.29, 0.717) is 26.2 Å². The summed E-state index contributed by atoms with van der Waals surface area (Å²) in [5.74, 6) is 0.693. The molecule has 2 unspecified atom stereocenters. The summed E-state index contributed by atoms with van der Waals surface area (Å²) in [7, 11) is 0. The van der Waals surface area contributed by atoms with Crippen LogP contribution in [0.5, 0.6) is 11.5 Å². The average Bonchev–Trinajstić information content (AvgIpc) is 3.31. The van der Waals surface area contributed by atoms with Crippen molar-refractivity contribution >= 4 is 33.4 Å². The molecule has 1 aliphatic carbocycles. The van der Waals surface area contributed by atoms with Crippen LogP contribution in [0, 0.1) is 5.92 Å². The van der Waals surface area contributed by atoms with Crippen LogP contribution in [0.2, 0.25) is 0 Å². The topological polar surface area (TPSA) is 86.8 Å². The van der Waals surface area contributed by atoms with E-state index in [2.05, 4.69) is 11.4 Å². The standard InChI is InChI=1S/C26H28N2O5S/c29-24(27-12-11-17-9-10-21-22(15-17)32-14-13-31-21)16-33-26(30)19-6-2-1-5-18(19)25-28-20-7-3-4-8-23(20)34-25/h3-4,7-10,15,18-19H,1-2,5-6,11-14,16H2,(H,27,29). The summed E-state index contributed by atoms with van der Waals surface area (Å²) in [5.41, 5.74) is 2.01. The number of amides is 1. The van der Waals surface area contributed by atoms with Crippen LogP contribution in [0.4, 0.5) is 0 Å². The zero-order chi connectivity index (χ0) is 23.3. The molecule has 1 N–H and O–H groups in total. The number of carbonyl (C=O) groups is 2. The summed E-state index contributed by atoms with van der Waals surface area (Å²) in [5, 5.41) is 3.82. The van der Waals surface area contributed by atoms with Gasteiger partial charge >= 0.3 is 5.97 Å². The largest absolute Gasteiger partial charge is 0.486 e. The van der Waals surface area contributed by atoms with E-state index in [4.69, 9.17) is 19.2 Å². The number of benzene rings is 2. The second-order valence-electron chi connectivity index (χ2n) is 8.70. The van der Waals surface area contributed by atoms with Gasteiger partial charge < -0.3 is 19.5 Å². The van der Waals surface area contributed by atoms with Crippen molar-refractivity contribution in [1.82, 2.24) is 10.3 Å². The summed E-state index contributed by atoms with van der Waals surface area (Å²) in [4.78, 5) is 29.9. The van der Waals surface area contributed by atoms with Gasteiger partial charge in [-0.05, 0) is 49.1 Å². The van der Waals surface area contributed by atoms with Crippen LogP contribution in [0.25, 0.3) is 10.2 Å². The van der Waals surface area contributed by atoms with Crippen LogP contribution in [-0.2, 0) is 20.7 Å². The second-order valence-corrected chi connectivity index (χ2v) is 9.77. The first kappa shape index (κ1) is 22.7. The summed E-state index contributed by atoms with van der Waals surface area (Å²) in [6, 6.07) is 13.8. The Balaban J connectivity index is 1.11. The van der Waals surface area contributed by atoms with Gasteiger partial charge in [-0.2, -0.15) is 0 Å². The molecule has 5 rings (SSSR count). The van der Waals surface area contributed by atoms with Gasteiger partial charge in [0.2, 0.25) is 0 Å². The first-order valence-corrected chi connectivity index (χ1v) is 12.7. The van der Waals surface area contributed by atoms with Gasteiger partial charge in [-0.15, -0.1) is 11.3 Å². The van der Waals surface area contributed by atoms with Gasteiger partial charge in [-0.25, -0.2) is 4.98 Å². The molecule has 1 fully saturated rings. The fraction of sp³-hybridized carbons (Fsp3) is 0.423. The summed E-state index contributed by atoms with van der Waals surface area (Å²) in [6.45, 7) is 1.29. The Morgan fingerprint density at radius 3 is 2.76 bits per heavy atom. The molecule has 2 aromatic carbocycles. The number of hydrogen-bond acceptors (Lipinski definition) is 7. The lowest BCUT2D eigenvalue weighted by molar-refractivity contribution is -0.154. The monoisotopic (exact) mass is 480 g/mol. The highest BCUT2D eigenvalue weighted by Crippen LogP contribution is 2.41. The van der Waals surface area contributed by atoms with Crippen molar-refractivity contribution in [2.75, 3.05) is 26.4 Å². The third-order valence-corrected chi connectivity index (χ3v) is 7.55. The Morgan fingerprint density at radius 2 is 1.88 bits per heavy atom. The minimum absolute atomic E-state index is 0.0527. The van der Waals surface area contributed by atoms with E-state index in [0.717, 1.165) is 58.0 Å². The van der Waals surface area contributed by atoms with E-state index in [9.17, 15) is 9.59 Å². The summed E-state index contributed by atoms with van der Waals surface area (Å²) >= 11 is 1.65. The highest BCUT2D eigenvalue weighted by atomic mass is 32.1. The molecular weight excluding hydrogens is 452 g/mol. The normalized spacial score (nSPS) is 19.5. The van der Waals surface area contributed by atoms with Crippen LogP contribution in [0.1, 0.15) is 42.2 Å². The molecule has 1 amide bonds. The number of hydrogen-bond donors (Lipinski definition) is 1. The Hall–Kier alpha value is -3.13. The molecule has 8 heteroatoms. The van der Waals surface area contributed by atoms with Gasteiger partial charge in [0, 0.05) is 12.5 Å². The molecule has 1 aliphatic heterocycles. The fourth-order valence-electron chi connectivity index (χ4n) is 4.64. The molecule has 0 bridgehead atoms. The maximum atomic E-state index is 12.9. The zero-order valence-corrected chi connectivity index (χ0v) is 19.8. The quantitative estimate of drug-likeness (QED) is 0.509. The minimum Gasteiger partial charge on any atom is -0.486 e. The lowest BCUT2D eigenvalue weighted by atomic mass is 9.79. The fourth-order valence-corrected chi connectivity index (χ4v) is 5.81. The Morgan fingerprint density at radius 1 is 1.06 bits per heavy atom. The Bertz CT molecular complexity index is 1140. The molecule has 2 heterocycles. The van der Waals surface area contributed by atoms with Crippen molar-refractivity contribution in [3.05, 3.63) is 53.0 Å². The van der Waals surface area contributed by atoms with Crippen molar-refractivity contribution in [1.29, 1.82) is 0 Å². The van der Waals surface area contributed by atoms with Crippen LogP contribution in [0.15, 0.2) is 42.5 Å². The number of esters is 1. The van der Waals surface area contributed by atoms with Crippen LogP contribution < -0.4 is 14.8 Å². The third-order valence-electron chi connectivity index (χ3n) is 6.38. The van der Waals surface area contributed by atoms with E-state index in [1.54, 1.807) is 11.3 Å². The maximum Gasteiger partial charge on any atom is 0.310 e. The smallest absolute Gasteiger partial charge is 0.310 e. The van der Waals surface area contributed by atoms with Crippen molar-refractivity contribution in [3.8, 4) is 11.5 Å². The predicted molar refractivity (Wildman–Crippen MR) is 129 cm³/mol. The van der Waals surface area contributed by atoms with Crippen LogP contribution in [0.3, 0.4) is 0 Å². The molecule has 2 aliphatic rings. The molecule has 178 valence electrons. The van der Waals surface area contributed by atoms with Gasteiger partial charge in [0.15, 0.2) is 18.1 Å². The van der Waals surface area contributed by atoms with Crippen molar-refractivity contribution < 1.29 is 23.8 Å². The number of para-hydroxylation sites is 1. The van der Waals surface area contributed by atoms with Crippen LogP contribution in [-0.4, -0.2) is 43.2 Å². The number of thiazole rings is 1. The Labute approximate surface area is 202 Å². The van der Waals surface area contributed by atoms with Gasteiger partial charge in [0.05, 0.1) is 21.1 Å². The molecule has 1 aromatic heterocycles. The van der Waals surface area contributed by atoms with E-state index < -0.39 is 0 Å². The number of fused-ring (bicyclic) bond motifs is 2. The van der Waals surface area contributed by atoms with E-state index in [1.807, 2.05) is 36.4 Å². The Kier molecular flexibility index (Phi) is 6.94. The number of aromatic nitrogens is 1. The predicted octanol–water partition coefficient (Wildman–Crippen LogP) is 4.24. The van der Waals surface area contributed by atoms with Gasteiger partial charge in [0.25, 0.3) is 5.91 Å². The summed E-state index contributed by atoms with van der Waals surface area (Å²) in [6.07, 6.45) is 4.40. The van der Waals surface area contributed by atoms with Crippen molar-refractivity contribution in [2.24, 2.45) is 5.92 Å². The van der Waals surface area contributed by atoms with Gasteiger partial charge in [-0.1, -0.05) is 31.0 Å². The molecule has 7 nitrogen and oxygen atoms in total. The van der Waals surface area contributed by atoms with Crippen LogP contribution >= 0.6 is 11.3 Å². The number of nitrogens with one attached hydrogen (secondary N) is 1. The lowest BCUT2D eigenvalue weighted by Crippen LogP contribution is -2.33. The number of ether oxygens (including phenoxy) is 3. The molecule has 0 radical (unpaired) electrons. The molecule has 0 saturated heterocycles. The molecule has 2 atom stereocenters. The first-order valence-electron chi connectivity index (χ1n) is 11.8. The second kappa shape index (κ2) is 10.4. The van der Waals surface area contributed by atoms with Gasteiger partial charge in [-0.3, -0.25) is 9.59 Å². The molecular formula is C26H28N2O5S. The first-order chi connectivity index (χ1) is 16.7. The van der Waals surface area contributed by atoms with E-state index in [-0.39, 0.29) is 30.3 Å². The SMILES string of the molecule is O=C(COC(=O)C1CCCCC1c1nc2ccccc2s1)NCCc1ccc2c(c1)OCCO2. The number of carbonyl (C=O) groups excluding carboxylic acids is 2. The van der Waals surface area contributed by atoms with Crippen molar-refractivity contribution in [3.63, 3.8) is 0 Å². The zero-order valence-electron chi connectivity index (χ0n) is 19.0. The molecule has 34 heavy (non-hydrogen) atoms. The minimum atomic E-state index is -0.300. The van der Waals surface area contributed by atoms with Gasteiger partial charge in [0.1, 0.15) is 13.2 Å². The van der Waals surface area contributed by atoms with E-state index >= 15 is 0 Å². The highest BCUT2D eigenvalue weighted by Gasteiger charge is 2.35. The third kappa shape index (κ3) is 5.17. The molecule has 3 aromatic rings. The van der Waals surface area contributed by atoms with E-state index in [1.165, 1.54) is 0 Å². The number of nitrogens with zero attached hydrogens (tertiary/aromatic N) is 1. The lowest BCUT2D eigenvalue weighted by Gasteiger charge is -2.28. The highest BCUT2D eigenvalue weighted by molar-refractivity contribution is 7.18. The summed E-state index contributed by atoms with van der Waals surface area (Å²) < 4.78 is 17.7. The maximum absolute atomic E-state index is 12.9. The van der Waals surface area contributed by atoms with Crippen molar-refractivity contribution in [2.45, 2.75) is 38.0 Å². The molecule has 1 saturated carbocycles. The number of rotatable bonds is 7.